The van der Waals surface area contributed by atoms with Crippen molar-refractivity contribution >= 4 is 38.1 Å². The van der Waals surface area contributed by atoms with Gasteiger partial charge in [0.15, 0.2) is 0 Å². The number of hydrogen-bond acceptors (Lipinski definition) is 6. The quantitative estimate of drug-likeness (QED) is 0.754. The molecule has 1 aliphatic heterocycles. The van der Waals surface area contributed by atoms with Crippen LogP contribution in [0.15, 0.2) is 10.3 Å². The molecule has 0 aromatic carbocycles. The first-order valence-corrected chi connectivity index (χ1v) is 9.70. The van der Waals surface area contributed by atoms with Crippen LogP contribution >= 0.6 is 11.3 Å². The first kappa shape index (κ1) is 15.6. The molecule has 2 heterocycles. The molecule has 0 amide bonds. The van der Waals surface area contributed by atoms with E-state index in [1.807, 2.05) is 0 Å². The number of hydrogen-bond donors (Lipinski definition) is 0. The Morgan fingerprint density at radius 3 is 2.55 bits per heavy atom. The van der Waals surface area contributed by atoms with Crippen LogP contribution in [0.2, 0.25) is 0 Å². The van der Waals surface area contributed by atoms with Crippen LogP contribution in [0.1, 0.15) is 15.2 Å². The van der Waals surface area contributed by atoms with Gasteiger partial charge in [0, 0.05) is 35.4 Å². The SMILES string of the molecule is COC(=O)c1scc(C)c1S(=O)(=O)N1CCS(=O)CC1. The summed E-state index contributed by atoms with van der Waals surface area (Å²) in [5.41, 5.74) is 0.530. The van der Waals surface area contributed by atoms with Crippen molar-refractivity contribution < 1.29 is 22.2 Å². The highest BCUT2D eigenvalue weighted by molar-refractivity contribution is 7.90. The smallest absolute Gasteiger partial charge is 0.349 e. The van der Waals surface area contributed by atoms with Gasteiger partial charge in [-0.25, -0.2) is 13.2 Å². The summed E-state index contributed by atoms with van der Waals surface area (Å²) in [4.78, 5) is 11.8. The van der Waals surface area contributed by atoms with Gasteiger partial charge in [-0.2, -0.15) is 4.31 Å². The predicted molar refractivity (Wildman–Crippen MR) is 77.0 cm³/mol. The number of carbonyl (C=O) groups is 1. The van der Waals surface area contributed by atoms with E-state index in [1.54, 1.807) is 12.3 Å². The third-order valence-corrected chi connectivity index (χ3v) is 7.59. The van der Waals surface area contributed by atoms with Crippen molar-refractivity contribution in [1.82, 2.24) is 4.31 Å². The molecule has 0 unspecified atom stereocenters. The Bertz CT molecular complexity index is 639. The summed E-state index contributed by atoms with van der Waals surface area (Å²) < 4.78 is 42.5. The molecule has 0 atom stereocenters. The van der Waals surface area contributed by atoms with Gasteiger partial charge in [-0.15, -0.1) is 11.3 Å². The van der Waals surface area contributed by atoms with Crippen LogP contribution in [0, 0.1) is 6.92 Å². The van der Waals surface area contributed by atoms with E-state index in [1.165, 1.54) is 11.4 Å². The van der Waals surface area contributed by atoms with E-state index < -0.39 is 26.8 Å². The maximum Gasteiger partial charge on any atom is 0.349 e. The number of thiophene rings is 1. The molecule has 0 bridgehead atoms. The van der Waals surface area contributed by atoms with E-state index in [0.29, 0.717) is 17.1 Å². The van der Waals surface area contributed by atoms with Gasteiger partial charge < -0.3 is 4.74 Å². The fourth-order valence-electron chi connectivity index (χ4n) is 1.98. The molecular formula is C11H15NO5S3. The van der Waals surface area contributed by atoms with Crippen LogP contribution < -0.4 is 0 Å². The van der Waals surface area contributed by atoms with Crippen LogP contribution in [0.5, 0.6) is 0 Å². The van der Waals surface area contributed by atoms with Gasteiger partial charge in [-0.1, -0.05) is 0 Å². The van der Waals surface area contributed by atoms with Gasteiger partial charge in [0.2, 0.25) is 10.0 Å². The Hall–Kier alpha value is -0.770. The number of sulfonamides is 1. The van der Waals surface area contributed by atoms with Crippen LogP contribution in [0.25, 0.3) is 0 Å². The summed E-state index contributed by atoms with van der Waals surface area (Å²) in [6, 6.07) is 0. The van der Waals surface area contributed by atoms with Crippen LogP contribution in [0.4, 0.5) is 0 Å². The molecule has 0 N–H and O–H groups in total. The highest BCUT2D eigenvalue weighted by Crippen LogP contribution is 2.30. The molecule has 0 radical (unpaired) electrons. The van der Waals surface area contributed by atoms with Crippen molar-refractivity contribution in [3.05, 3.63) is 15.8 Å². The van der Waals surface area contributed by atoms with E-state index in [-0.39, 0.29) is 22.9 Å². The topological polar surface area (TPSA) is 80.8 Å². The summed E-state index contributed by atoms with van der Waals surface area (Å²) in [6.45, 7) is 2.08. The van der Waals surface area contributed by atoms with Crippen molar-refractivity contribution in [2.45, 2.75) is 11.8 Å². The maximum absolute atomic E-state index is 12.6. The number of ether oxygens (including phenoxy) is 1. The lowest BCUT2D eigenvalue weighted by molar-refractivity contribution is 0.0602. The van der Waals surface area contributed by atoms with Gasteiger partial charge >= 0.3 is 5.97 Å². The molecule has 6 nitrogen and oxygen atoms in total. The molecule has 0 aliphatic carbocycles. The average molecular weight is 337 g/mol. The molecule has 2 rings (SSSR count). The van der Waals surface area contributed by atoms with Crippen LogP contribution in [0.3, 0.4) is 0 Å². The lowest BCUT2D eigenvalue weighted by Crippen LogP contribution is -2.42. The standard InChI is InChI=1S/C11H15NO5S3/c1-8-7-18-9(11(13)17-2)10(8)20(15,16)12-3-5-19(14)6-4-12/h7H,3-6H2,1-2H3. The third-order valence-electron chi connectivity index (χ3n) is 3.02. The lowest BCUT2D eigenvalue weighted by atomic mass is 10.3. The molecule has 20 heavy (non-hydrogen) atoms. The van der Waals surface area contributed by atoms with E-state index in [4.69, 9.17) is 0 Å². The zero-order valence-electron chi connectivity index (χ0n) is 11.1. The molecule has 1 aromatic heterocycles. The molecule has 9 heteroatoms. The number of aryl methyl sites for hydroxylation is 1. The number of nitrogens with zero attached hydrogens (tertiary/aromatic N) is 1. The third kappa shape index (κ3) is 2.80. The van der Waals surface area contributed by atoms with Gasteiger partial charge in [-0.05, 0) is 17.9 Å². The molecule has 112 valence electrons. The Morgan fingerprint density at radius 2 is 2.00 bits per heavy atom. The highest BCUT2D eigenvalue weighted by Gasteiger charge is 2.34. The molecule has 1 aromatic rings. The van der Waals surface area contributed by atoms with E-state index in [9.17, 15) is 17.4 Å². The normalized spacial score (nSPS) is 18.1. The summed E-state index contributed by atoms with van der Waals surface area (Å²) >= 11 is 1.06. The minimum Gasteiger partial charge on any atom is -0.465 e. The van der Waals surface area contributed by atoms with Crippen molar-refractivity contribution in [3.8, 4) is 0 Å². The van der Waals surface area contributed by atoms with Gasteiger partial charge in [0.05, 0.1) is 7.11 Å². The van der Waals surface area contributed by atoms with Crippen molar-refractivity contribution in [2.75, 3.05) is 31.7 Å². The molecule has 1 aliphatic rings. The van der Waals surface area contributed by atoms with Crippen LogP contribution in [-0.4, -0.2) is 54.6 Å². The maximum atomic E-state index is 12.6. The lowest BCUT2D eigenvalue weighted by Gasteiger charge is -2.25. The Balaban J connectivity index is 2.42. The molecule has 1 fully saturated rings. The van der Waals surface area contributed by atoms with Crippen molar-refractivity contribution in [3.63, 3.8) is 0 Å². The highest BCUT2D eigenvalue weighted by atomic mass is 32.2. The summed E-state index contributed by atoms with van der Waals surface area (Å²) in [6.07, 6.45) is 0. The number of esters is 1. The largest absolute Gasteiger partial charge is 0.465 e. The van der Waals surface area contributed by atoms with E-state index >= 15 is 0 Å². The zero-order chi connectivity index (χ0) is 14.9. The second-order valence-corrected chi connectivity index (χ2v) is 8.77. The Labute approximate surface area is 124 Å². The van der Waals surface area contributed by atoms with Gasteiger partial charge in [-0.3, -0.25) is 4.21 Å². The molecule has 0 saturated carbocycles. The fraction of sp³-hybridized carbons (Fsp3) is 0.545. The second kappa shape index (κ2) is 5.92. The van der Waals surface area contributed by atoms with E-state index in [0.717, 1.165) is 11.3 Å². The Kier molecular flexibility index (Phi) is 4.62. The monoisotopic (exact) mass is 337 g/mol. The van der Waals surface area contributed by atoms with Crippen molar-refractivity contribution in [2.24, 2.45) is 0 Å². The van der Waals surface area contributed by atoms with Crippen LogP contribution in [-0.2, 0) is 25.6 Å². The average Bonchev–Trinajstić information content (AvgIpc) is 2.81. The second-order valence-electron chi connectivity index (χ2n) is 4.32. The minimum absolute atomic E-state index is 0.0158. The molecule has 1 saturated heterocycles. The van der Waals surface area contributed by atoms with Gasteiger partial charge in [0.25, 0.3) is 0 Å². The number of rotatable bonds is 3. The summed E-state index contributed by atoms with van der Waals surface area (Å²) in [5.74, 6) is 0.00799. The minimum atomic E-state index is -3.75. The fourth-order valence-corrected chi connectivity index (χ4v) is 6.36. The zero-order valence-corrected chi connectivity index (χ0v) is 13.6. The van der Waals surface area contributed by atoms with Gasteiger partial charge in [0.1, 0.15) is 9.77 Å². The summed E-state index contributed by atoms with van der Waals surface area (Å²) in [5, 5.41) is 1.63. The van der Waals surface area contributed by atoms with E-state index in [2.05, 4.69) is 4.74 Å². The summed E-state index contributed by atoms with van der Waals surface area (Å²) in [7, 11) is -3.49. The predicted octanol–water partition coefficient (Wildman–Crippen LogP) is 0.596. The molecular weight excluding hydrogens is 322 g/mol. The first-order chi connectivity index (χ1) is 9.37. The molecule has 0 spiro atoms. The first-order valence-electron chi connectivity index (χ1n) is 5.89. The number of methoxy groups -OCH3 is 1. The van der Waals surface area contributed by atoms with Crippen molar-refractivity contribution in [1.29, 1.82) is 0 Å². The Morgan fingerprint density at radius 1 is 1.40 bits per heavy atom. The number of carbonyl (C=O) groups excluding carboxylic acids is 1.